The van der Waals surface area contributed by atoms with Crippen LogP contribution in [0.15, 0.2) is 33.5 Å². The number of nitrogens with two attached hydrogens (primary N) is 1. The minimum Gasteiger partial charge on any atom is -0.354 e. The standard InChI is InChI=1S/C24H29F5N6O3S/c1-14-17(19(33-32-18(14)24(27,28)29)35-11-6-9-23(25,26)10-12-35)20(36)31-15-7-5-8-16(13-15)39(4,38)34-21(37)22(2,3)30/h5,7-8,13H,6,9-12,30H2,1-4H3,(H,31,36). The number of benzene rings is 1. The van der Waals surface area contributed by atoms with E-state index in [4.69, 9.17) is 5.73 Å². The normalized spacial score (nSPS) is 17.6. The van der Waals surface area contributed by atoms with Crippen molar-refractivity contribution in [3.05, 3.63) is 41.1 Å². The smallest absolute Gasteiger partial charge is 0.354 e. The van der Waals surface area contributed by atoms with E-state index in [0.29, 0.717) is 0 Å². The second kappa shape index (κ2) is 10.8. The van der Waals surface area contributed by atoms with Crippen LogP contribution in [0.3, 0.4) is 0 Å². The Morgan fingerprint density at radius 3 is 2.44 bits per heavy atom. The van der Waals surface area contributed by atoms with Gasteiger partial charge in [-0.1, -0.05) is 6.07 Å². The van der Waals surface area contributed by atoms with E-state index in [1.807, 2.05) is 0 Å². The van der Waals surface area contributed by atoms with Crippen LogP contribution in [0.4, 0.5) is 33.5 Å². The van der Waals surface area contributed by atoms with Crippen LogP contribution in [0.1, 0.15) is 54.7 Å². The first-order valence-electron chi connectivity index (χ1n) is 11.9. The molecule has 1 aliphatic heterocycles. The molecule has 9 nitrogen and oxygen atoms in total. The number of anilines is 2. The summed E-state index contributed by atoms with van der Waals surface area (Å²) in [5, 5.41) is 9.35. The van der Waals surface area contributed by atoms with Gasteiger partial charge in [-0.3, -0.25) is 9.59 Å². The van der Waals surface area contributed by atoms with Gasteiger partial charge in [0.2, 0.25) is 5.92 Å². The average Bonchev–Trinajstić information content (AvgIpc) is 2.97. The Morgan fingerprint density at radius 1 is 1.15 bits per heavy atom. The third-order valence-electron chi connectivity index (χ3n) is 6.05. The molecule has 0 radical (unpaired) electrons. The Bertz CT molecular complexity index is 1400. The van der Waals surface area contributed by atoms with Gasteiger partial charge in [0.15, 0.2) is 11.5 Å². The molecule has 2 heterocycles. The van der Waals surface area contributed by atoms with Crippen LogP contribution in [0.5, 0.6) is 0 Å². The highest BCUT2D eigenvalue weighted by molar-refractivity contribution is 7.93. The van der Waals surface area contributed by atoms with Crippen molar-refractivity contribution in [2.75, 3.05) is 29.6 Å². The quantitative estimate of drug-likeness (QED) is 0.505. The molecule has 1 aliphatic rings. The Kier molecular flexibility index (Phi) is 8.37. The molecule has 1 fully saturated rings. The van der Waals surface area contributed by atoms with E-state index < -0.39 is 68.8 Å². The number of amides is 2. The number of nitrogens with zero attached hydrogens (tertiary/aromatic N) is 4. The minimum absolute atomic E-state index is 0.0323. The molecule has 39 heavy (non-hydrogen) atoms. The molecular formula is C24H29F5N6O3S. The molecule has 15 heteroatoms. The summed E-state index contributed by atoms with van der Waals surface area (Å²) in [5.74, 6) is -5.02. The highest BCUT2D eigenvalue weighted by Crippen LogP contribution is 2.36. The minimum atomic E-state index is -4.92. The molecule has 0 saturated carbocycles. The highest BCUT2D eigenvalue weighted by Gasteiger charge is 2.39. The molecule has 1 saturated heterocycles. The van der Waals surface area contributed by atoms with Crippen molar-refractivity contribution < 1.29 is 35.8 Å². The number of carbonyl (C=O) groups is 2. The van der Waals surface area contributed by atoms with E-state index in [-0.39, 0.29) is 35.9 Å². The van der Waals surface area contributed by atoms with E-state index in [1.165, 1.54) is 49.3 Å². The molecule has 0 aliphatic carbocycles. The van der Waals surface area contributed by atoms with Gasteiger partial charge in [0, 0.05) is 42.8 Å². The Balaban J connectivity index is 2.03. The Labute approximate surface area is 222 Å². The summed E-state index contributed by atoms with van der Waals surface area (Å²) in [6.07, 6.45) is -4.66. The molecule has 0 spiro atoms. The Morgan fingerprint density at radius 2 is 1.82 bits per heavy atom. The van der Waals surface area contributed by atoms with Gasteiger partial charge in [-0.25, -0.2) is 13.0 Å². The second-order valence-electron chi connectivity index (χ2n) is 9.97. The molecule has 214 valence electrons. The molecule has 2 amide bonds. The zero-order valence-electron chi connectivity index (χ0n) is 21.7. The number of hydrogen-bond donors (Lipinski definition) is 2. The molecule has 3 rings (SSSR count). The fourth-order valence-corrected chi connectivity index (χ4v) is 5.21. The largest absolute Gasteiger partial charge is 0.435 e. The average molecular weight is 577 g/mol. The lowest BCUT2D eigenvalue weighted by atomic mass is 10.1. The van der Waals surface area contributed by atoms with Crippen molar-refractivity contribution >= 4 is 33.0 Å². The van der Waals surface area contributed by atoms with Gasteiger partial charge in [-0.05, 0) is 51.0 Å². The molecule has 1 aromatic carbocycles. The first-order chi connectivity index (χ1) is 17.8. The van der Waals surface area contributed by atoms with Crippen molar-refractivity contribution in [2.24, 2.45) is 10.1 Å². The molecule has 1 unspecified atom stereocenters. The maximum atomic E-state index is 13.9. The summed E-state index contributed by atoms with van der Waals surface area (Å²) >= 11 is 0. The van der Waals surface area contributed by atoms with Crippen LogP contribution in [-0.4, -0.2) is 57.0 Å². The maximum Gasteiger partial charge on any atom is 0.435 e. The Hall–Kier alpha value is -3.20. The zero-order valence-corrected chi connectivity index (χ0v) is 22.6. The van der Waals surface area contributed by atoms with Crippen LogP contribution in [0.2, 0.25) is 0 Å². The van der Waals surface area contributed by atoms with Crippen molar-refractivity contribution in [2.45, 2.75) is 62.6 Å². The fourth-order valence-electron chi connectivity index (χ4n) is 3.88. The van der Waals surface area contributed by atoms with Crippen molar-refractivity contribution in [3.8, 4) is 0 Å². The summed E-state index contributed by atoms with van der Waals surface area (Å²) in [4.78, 5) is 27.0. The number of aromatic nitrogens is 2. The lowest BCUT2D eigenvalue weighted by molar-refractivity contribution is -0.142. The van der Waals surface area contributed by atoms with E-state index >= 15 is 0 Å². The first-order valence-corrected chi connectivity index (χ1v) is 13.8. The van der Waals surface area contributed by atoms with Crippen LogP contribution < -0.4 is 16.0 Å². The lowest BCUT2D eigenvalue weighted by Crippen LogP contribution is -2.40. The molecule has 1 aromatic heterocycles. The van der Waals surface area contributed by atoms with E-state index in [1.54, 1.807) is 0 Å². The fraction of sp³-hybridized carbons (Fsp3) is 0.500. The monoisotopic (exact) mass is 576 g/mol. The number of carbonyl (C=O) groups excluding carboxylic acids is 2. The number of halogens is 5. The van der Waals surface area contributed by atoms with Crippen molar-refractivity contribution in [3.63, 3.8) is 0 Å². The molecule has 2 aromatic rings. The molecular weight excluding hydrogens is 547 g/mol. The summed E-state index contributed by atoms with van der Waals surface area (Å²) in [7, 11) is -3.30. The van der Waals surface area contributed by atoms with Gasteiger partial charge in [-0.2, -0.15) is 17.5 Å². The zero-order chi connectivity index (χ0) is 29.4. The van der Waals surface area contributed by atoms with Gasteiger partial charge in [0.05, 0.1) is 20.8 Å². The van der Waals surface area contributed by atoms with Gasteiger partial charge >= 0.3 is 6.18 Å². The number of hydrogen-bond acceptors (Lipinski definition) is 7. The van der Waals surface area contributed by atoms with Gasteiger partial charge in [-0.15, -0.1) is 10.2 Å². The van der Waals surface area contributed by atoms with Gasteiger partial charge in [0.1, 0.15) is 0 Å². The molecule has 1 atom stereocenters. The number of nitrogens with one attached hydrogen (secondary N) is 1. The topological polar surface area (TPSA) is 131 Å². The van der Waals surface area contributed by atoms with Crippen LogP contribution >= 0.6 is 0 Å². The maximum absolute atomic E-state index is 13.9. The van der Waals surface area contributed by atoms with Gasteiger partial charge < -0.3 is 16.0 Å². The van der Waals surface area contributed by atoms with Crippen LogP contribution in [0, 0.1) is 6.92 Å². The van der Waals surface area contributed by atoms with E-state index in [2.05, 4.69) is 19.9 Å². The number of rotatable bonds is 5. The van der Waals surface area contributed by atoms with E-state index in [9.17, 15) is 35.8 Å². The van der Waals surface area contributed by atoms with E-state index in [0.717, 1.165) is 6.92 Å². The predicted octanol–water partition coefficient (Wildman–Crippen LogP) is 4.40. The highest BCUT2D eigenvalue weighted by atomic mass is 32.2. The molecule has 3 N–H and O–H groups in total. The summed E-state index contributed by atoms with van der Waals surface area (Å²) in [6.45, 7) is 3.64. The number of alkyl halides is 5. The third kappa shape index (κ3) is 7.26. The van der Waals surface area contributed by atoms with Gasteiger partial charge in [0.25, 0.3) is 11.8 Å². The third-order valence-corrected chi connectivity index (χ3v) is 7.69. The SMILES string of the molecule is Cc1c(C(F)(F)F)nnc(N2CCCC(F)(F)CC2)c1C(=O)Nc1cccc(S(C)(=O)=NC(=O)C(C)(C)N)c1. The van der Waals surface area contributed by atoms with Crippen molar-refractivity contribution in [1.29, 1.82) is 0 Å². The van der Waals surface area contributed by atoms with Crippen LogP contribution in [-0.2, 0) is 20.7 Å². The summed E-state index contributed by atoms with van der Waals surface area (Å²) in [5.41, 5.74) is 2.00. The van der Waals surface area contributed by atoms with Crippen LogP contribution in [0.25, 0.3) is 0 Å². The second-order valence-corrected chi connectivity index (χ2v) is 12.2. The summed E-state index contributed by atoms with van der Waals surface area (Å²) < 4.78 is 85.5. The van der Waals surface area contributed by atoms with Crippen molar-refractivity contribution in [1.82, 2.24) is 10.2 Å². The first kappa shape index (κ1) is 30.3. The predicted molar refractivity (Wildman–Crippen MR) is 135 cm³/mol. The molecule has 0 bridgehead atoms. The summed E-state index contributed by atoms with van der Waals surface area (Å²) in [6, 6.07) is 5.48. The lowest BCUT2D eigenvalue weighted by Gasteiger charge is -2.25.